The second-order valence-electron chi connectivity index (χ2n) is 4.05. The molecule has 0 heterocycles. The maximum Gasteiger partial charge on any atom is 0.251 e. The van der Waals surface area contributed by atoms with Gasteiger partial charge in [0.15, 0.2) is 0 Å². The molecule has 3 nitrogen and oxygen atoms in total. The molecule has 0 bridgehead atoms. The number of halogens is 1. The van der Waals surface area contributed by atoms with Gasteiger partial charge in [-0.15, -0.1) is 0 Å². The molecule has 0 aliphatic rings. The summed E-state index contributed by atoms with van der Waals surface area (Å²) in [5, 5.41) is 2.89. The Labute approximate surface area is 111 Å². The topological polar surface area (TPSA) is 55.1 Å². The largest absolute Gasteiger partial charge is 0.398 e. The number of unbranched alkanes of at least 4 members (excludes halogenated alkanes) is 3. The lowest BCUT2D eigenvalue weighted by atomic mass is 10.2. The van der Waals surface area contributed by atoms with Crippen LogP contribution in [0.3, 0.4) is 0 Å². The molecule has 94 valence electrons. The summed E-state index contributed by atoms with van der Waals surface area (Å²) < 4.78 is 0.817. The van der Waals surface area contributed by atoms with Crippen molar-refractivity contribution in [1.82, 2.24) is 5.32 Å². The highest BCUT2D eigenvalue weighted by Crippen LogP contribution is 2.20. The zero-order valence-electron chi connectivity index (χ0n) is 10.1. The lowest BCUT2D eigenvalue weighted by Gasteiger charge is -2.06. The van der Waals surface area contributed by atoms with Gasteiger partial charge < -0.3 is 11.1 Å². The first-order valence-corrected chi connectivity index (χ1v) is 6.77. The first kappa shape index (κ1) is 14.0. The minimum atomic E-state index is -0.0549. The second-order valence-corrected chi connectivity index (χ2v) is 4.91. The van der Waals surface area contributed by atoms with E-state index in [0.717, 1.165) is 17.4 Å². The molecule has 1 aromatic carbocycles. The molecule has 0 unspecified atom stereocenters. The van der Waals surface area contributed by atoms with Gasteiger partial charge in [0.1, 0.15) is 0 Å². The van der Waals surface area contributed by atoms with Crippen LogP contribution in [0.2, 0.25) is 0 Å². The van der Waals surface area contributed by atoms with Crippen molar-refractivity contribution >= 4 is 27.5 Å². The third kappa shape index (κ3) is 4.77. The molecule has 1 aromatic rings. The number of nitrogen functional groups attached to an aromatic ring is 1. The van der Waals surface area contributed by atoms with Crippen LogP contribution in [0.15, 0.2) is 22.7 Å². The van der Waals surface area contributed by atoms with E-state index in [1.807, 2.05) is 0 Å². The van der Waals surface area contributed by atoms with Crippen molar-refractivity contribution in [3.63, 3.8) is 0 Å². The number of nitrogens with two attached hydrogens (primary N) is 1. The predicted molar refractivity (Wildman–Crippen MR) is 75.0 cm³/mol. The zero-order valence-corrected chi connectivity index (χ0v) is 11.7. The Hall–Kier alpha value is -1.03. The number of carbonyl (C=O) groups excluding carboxylic acids is 1. The highest BCUT2D eigenvalue weighted by molar-refractivity contribution is 9.10. The summed E-state index contributed by atoms with van der Waals surface area (Å²) in [6, 6.07) is 5.24. The van der Waals surface area contributed by atoms with Crippen LogP contribution in [-0.2, 0) is 0 Å². The number of benzene rings is 1. The molecule has 0 radical (unpaired) electrons. The normalized spacial score (nSPS) is 10.2. The van der Waals surface area contributed by atoms with Crippen LogP contribution < -0.4 is 11.1 Å². The number of rotatable bonds is 6. The molecule has 0 spiro atoms. The third-order valence-electron chi connectivity index (χ3n) is 2.57. The fourth-order valence-corrected chi connectivity index (χ4v) is 1.79. The smallest absolute Gasteiger partial charge is 0.251 e. The van der Waals surface area contributed by atoms with Gasteiger partial charge in [-0.3, -0.25) is 4.79 Å². The van der Waals surface area contributed by atoms with Crippen LogP contribution >= 0.6 is 15.9 Å². The molecular formula is C13H19BrN2O. The molecule has 1 amide bonds. The summed E-state index contributed by atoms with van der Waals surface area (Å²) in [6.45, 7) is 2.90. The summed E-state index contributed by atoms with van der Waals surface area (Å²) >= 11 is 3.30. The van der Waals surface area contributed by atoms with Gasteiger partial charge >= 0.3 is 0 Å². The van der Waals surface area contributed by atoms with E-state index < -0.39 is 0 Å². The van der Waals surface area contributed by atoms with Gasteiger partial charge in [-0.25, -0.2) is 0 Å². The van der Waals surface area contributed by atoms with Gasteiger partial charge in [0.25, 0.3) is 5.91 Å². The molecule has 4 heteroatoms. The van der Waals surface area contributed by atoms with Crippen molar-refractivity contribution in [2.24, 2.45) is 0 Å². The van der Waals surface area contributed by atoms with E-state index in [0.29, 0.717) is 11.3 Å². The van der Waals surface area contributed by atoms with Crippen molar-refractivity contribution in [1.29, 1.82) is 0 Å². The Balaban J connectivity index is 2.39. The van der Waals surface area contributed by atoms with Crippen molar-refractivity contribution in [2.75, 3.05) is 12.3 Å². The van der Waals surface area contributed by atoms with Gasteiger partial charge in [-0.1, -0.05) is 26.2 Å². The van der Waals surface area contributed by atoms with E-state index in [1.165, 1.54) is 19.3 Å². The number of nitrogens with one attached hydrogen (secondary N) is 1. The average Bonchev–Trinajstić information content (AvgIpc) is 2.32. The minimum absolute atomic E-state index is 0.0549. The molecule has 0 aliphatic carbocycles. The van der Waals surface area contributed by atoms with E-state index in [4.69, 9.17) is 5.73 Å². The van der Waals surface area contributed by atoms with Crippen molar-refractivity contribution in [3.05, 3.63) is 28.2 Å². The summed E-state index contributed by atoms with van der Waals surface area (Å²) in [6.07, 6.45) is 4.63. The van der Waals surface area contributed by atoms with E-state index in [9.17, 15) is 4.79 Å². The highest BCUT2D eigenvalue weighted by Gasteiger charge is 2.06. The maximum atomic E-state index is 11.8. The van der Waals surface area contributed by atoms with Gasteiger partial charge in [0, 0.05) is 22.3 Å². The van der Waals surface area contributed by atoms with Gasteiger partial charge in [-0.2, -0.15) is 0 Å². The molecule has 3 N–H and O–H groups in total. The lowest BCUT2D eigenvalue weighted by Crippen LogP contribution is -2.24. The maximum absolute atomic E-state index is 11.8. The molecule has 1 rings (SSSR count). The first-order valence-electron chi connectivity index (χ1n) is 5.98. The fraction of sp³-hybridized carbons (Fsp3) is 0.462. The van der Waals surface area contributed by atoms with E-state index in [-0.39, 0.29) is 5.91 Å². The summed E-state index contributed by atoms with van der Waals surface area (Å²) in [4.78, 5) is 11.8. The molecule has 0 aromatic heterocycles. The molecule has 0 saturated heterocycles. The molecular weight excluding hydrogens is 280 g/mol. The van der Waals surface area contributed by atoms with Crippen LogP contribution in [0, 0.1) is 0 Å². The van der Waals surface area contributed by atoms with Crippen LogP contribution in [0.4, 0.5) is 5.69 Å². The van der Waals surface area contributed by atoms with Gasteiger partial charge in [-0.05, 0) is 40.5 Å². The molecule has 17 heavy (non-hydrogen) atoms. The Morgan fingerprint density at radius 3 is 2.76 bits per heavy atom. The quantitative estimate of drug-likeness (QED) is 0.625. The van der Waals surface area contributed by atoms with E-state index in [1.54, 1.807) is 18.2 Å². The van der Waals surface area contributed by atoms with E-state index >= 15 is 0 Å². The Morgan fingerprint density at radius 2 is 2.12 bits per heavy atom. The highest BCUT2D eigenvalue weighted by atomic mass is 79.9. The molecule has 0 aliphatic heterocycles. The van der Waals surface area contributed by atoms with Crippen LogP contribution in [0.1, 0.15) is 43.0 Å². The second kappa shape index (κ2) is 7.33. The van der Waals surface area contributed by atoms with Crippen LogP contribution in [0.5, 0.6) is 0 Å². The zero-order chi connectivity index (χ0) is 12.7. The standard InChI is InChI=1S/C13H19BrN2O/c1-2-3-4-5-8-16-13(17)10-6-7-11(14)12(15)9-10/h6-7,9H,2-5,8,15H2,1H3,(H,16,17). The number of carbonyl (C=O) groups is 1. The monoisotopic (exact) mass is 298 g/mol. The Kier molecular flexibility index (Phi) is 6.05. The van der Waals surface area contributed by atoms with Gasteiger partial charge in [0.05, 0.1) is 0 Å². The summed E-state index contributed by atoms with van der Waals surface area (Å²) in [7, 11) is 0. The predicted octanol–water partition coefficient (Wildman–Crippen LogP) is 3.34. The number of amides is 1. The van der Waals surface area contributed by atoms with Crippen molar-refractivity contribution in [2.45, 2.75) is 32.6 Å². The molecule has 0 atom stereocenters. The Bertz CT molecular complexity index is 380. The molecule has 0 saturated carbocycles. The SMILES string of the molecule is CCCCCCNC(=O)c1ccc(Br)c(N)c1. The number of hydrogen-bond donors (Lipinski definition) is 2. The van der Waals surface area contributed by atoms with Crippen molar-refractivity contribution in [3.8, 4) is 0 Å². The summed E-state index contributed by atoms with van der Waals surface area (Å²) in [5.41, 5.74) is 6.92. The van der Waals surface area contributed by atoms with Crippen molar-refractivity contribution < 1.29 is 4.79 Å². The van der Waals surface area contributed by atoms with Crippen LogP contribution in [0.25, 0.3) is 0 Å². The fourth-order valence-electron chi connectivity index (χ4n) is 1.54. The number of anilines is 1. The third-order valence-corrected chi connectivity index (χ3v) is 3.30. The minimum Gasteiger partial charge on any atom is -0.398 e. The first-order chi connectivity index (χ1) is 8.15. The average molecular weight is 299 g/mol. The Morgan fingerprint density at radius 1 is 1.35 bits per heavy atom. The van der Waals surface area contributed by atoms with Crippen LogP contribution in [-0.4, -0.2) is 12.5 Å². The lowest BCUT2D eigenvalue weighted by molar-refractivity contribution is 0.0953. The van der Waals surface area contributed by atoms with E-state index in [2.05, 4.69) is 28.2 Å². The summed E-state index contributed by atoms with van der Waals surface area (Å²) in [5.74, 6) is -0.0549. The number of hydrogen-bond acceptors (Lipinski definition) is 2. The van der Waals surface area contributed by atoms with Gasteiger partial charge in [0.2, 0.25) is 0 Å². The molecule has 0 fully saturated rings.